The van der Waals surface area contributed by atoms with E-state index in [2.05, 4.69) is 5.32 Å². The third-order valence-corrected chi connectivity index (χ3v) is 6.78. The number of aliphatic hydroxyl groups is 1. The molecule has 134 valence electrons. The van der Waals surface area contributed by atoms with Gasteiger partial charge in [0.1, 0.15) is 9.78 Å². The van der Waals surface area contributed by atoms with Crippen molar-refractivity contribution in [1.29, 1.82) is 0 Å². The molecule has 0 atom stereocenters. The third kappa shape index (κ3) is 3.40. The zero-order chi connectivity index (χ0) is 18.8. The molecular weight excluding hydrogens is 360 g/mol. The number of thiophene rings is 1. The number of nitrogens with one attached hydrogen (secondary N) is 1. The Morgan fingerprint density at radius 1 is 1.20 bits per heavy atom. The Hall–Kier alpha value is -2.32. The number of amides is 1. The topological polar surface area (TPSA) is 86.7 Å². The van der Waals surface area contributed by atoms with E-state index in [1.165, 1.54) is 7.05 Å². The highest BCUT2D eigenvalue weighted by molar-refractivity contribution is 7.91. The zero-order valence-electron chi connectivity index (χ0n) is 14.4. The highest BCUT2D eigenvalue weighted by Crippen LogP contribution is 2.40. The van der Waals surface area contributed by atoms with Crippen molar-refractivity contribution in [3.63, 3.8) is 0 Å². The number of aliphatic hydroxyl groups excluding tert-OH is 1. The Bertz CT molecular complexity index is 915. The maximum absolute atomic E-state index is 12.6. The normalized spacial score (nSPS) is 15.1. The third-order valence-electron chi connectivity index (χ3n) is 3.47. The molecule has 0 saturated heterocycles. The van der Waals surface area contributed by atoms with Crippen LogP contribution in [0.25, 0.3) is 5.57 Å². The van der Waals surface area contributed by atoms with Crippen LogP contribution in [0.3, 0.4) is 0 Å². The Balaban J connectivity index is 0.00000109. The summed E-state index contributed by atoms with van der Waals surface area (Å²) in [6, 6.07) is 10.4. The molecule has 1 aliphatic heterocycles. The quantitative estimate of drug-likeness (QED) is 0.834. The maximum Gasteiger partial charge on any atom is 0.276 e. The number of aryl methyl sites for hydroxylation is 1. The average molecular weight is 380 g/mol. The zero-order valence-corrected chi connectivity index (χ0v) is 16.0. The lowest BCUT2D eigenvalue weighted by Crippen LogP contribution is -2.33. The van der Waals surface area contributed by atoms with Crippen LogP contribution in [0.15, 0.2) is 46.5 Å². The predicted octanol–water partition coefficient (Wildman–Crippen LogP) is 3.58. The van der Waals surface area contributed by atoms with E-state index in [-0.39, 0.29) is 15.3 Å². The predicted molar refractivity (Wildman–Crippen MR) is 100.0 cm³/mol. The first kappa shape index (κ1) is 19.0. The molecule has 25 heavy (non-hydrogen) atoms. The van der Waals surface area contributed by atoms with E-state index in [0.29, 0.717) is 5.69 Å². The number of anilines is 1. The van der Waals surface area contributed by atoms with Gasteiger partial charge < -0.3 is 10.4 Å². The molecule has 0 bridgehead atoms. The molecule has 0 aliphatic carbocycles. The van der Waals surface area contributed by atoms with Gasteiger partial charge in [0.05, 0.1) is 0 Å². The number of fused-ring (bicyclic) bond motifs is 1. The number of hydrogen-bond acceptors (Lipinski definition) is 5. The minimum absolute atomic E-state index is 0.0504. The van der Waals surface area contributed by atoms with Gasteiger partial charge in [0.2, 0.25) is 5.88 Å². The largest absolute Gasteiger partial charge is 0.493 e. The number of rotatable bonds is 2. The van der Waals surface area contributed by atoms with Crippen LogP contribution >= 0.6 is 11.3 Å². The summed E-state index contributed by atoms with van der Waals surface area (Å²) in [5.41, 5.74) is 0.740. The van der Waals surface area contributed by atoms with Gasteiger partial charge in [-0.2, -0.15) is 0 Å². The molecule has 0 unspecified atom stereocenters. The molecule has 1 aromatic heterocycles. The second kappa shape index (κ2) is 7.28. The summed E-state index contributed by atoms with van der Waals surface area (Å²) in [6.07, 6.45) is 0. The number of carbonyl (C=O) groups excluding carboxylic acids is 1. The summed E-state index contributed by atoms with van der Waals surface area (Å²) in [5, 5.41) is 12.9. The molecule has 0 fully saturated rings. The van der Waals surface area contributed by atoms with Gasteiger partial charge in [-0.25, -0.2) is 12.7 Å². The van der Waals surface area contributed by atoms with Crippen molar-refractivity contribution in [2.45, 2.75) is 25.0 Å². The monoisotopic (exact) mass is 380 g/mol. The highest BCUT2D eigenvalue weighted by Gasteiger charge is 2.39. The number of para-hydroxylation sites is 1. The Morgan fingerprint density at radius 2 is 1.80 bits per heavy atom. The SMILES string of the molecule is CC.Cc1cc2c(s1)S(=O)(=O)N(C)C(O)=C2C(=O)Nc1ccccc1. The molecule has 8 heteroatoms. The average Bonchev–Trinajstić information content (AvgIpc) is 2.98. The van der Waals surface area contributed by atoms with E-state index in [0.717, 1.165) is 20.5 Å². The smallest absolute Gasteiger partial charge is 0.276 e. The lowest BCUT2D eigenvalue weighted by molar-refractivity contribution is -0.111. The Morgan fingerprint density at radius 3 is 2.40 bits per heavy atom. The number of benzene rings is 1. The van der Waals surface area contributed by atoms with Gasteiger partial charge in [-0.05, 0) is 25.1 Å². The van der Waals surface area contributed by atoms with Crippen molar-refractivity contribution in [2.75, 3.05) is 12.4 Å². The van der Waals surface area contributed by atoms with E-state index in [1.54, 1.807) is 37.3 Å². The van der Waals surface area contributed by atoms with Gasteiger partial charge >= 0.3 is 0 Å². The lowest BCUT2D eigenvalue weighted by Gasteiger charge is -2.25. The van der Waals surface area contributed by atoms with Gasteiger partial charge in [-0.1, -0.05) is 32.0 Å². The van der Waals surface area contributed by atoms with Crippen molar-refractivity contribution in [3.8, 4) is 0 Å². The van der Waals surface area contributed by atoms with Crippen LogP contribution in [-0.4, -0.2) is 30.8 Å². The fraction of sp³-hybridized carbons (Fsp3) is 0.235. The molecule has 1 amide bonds. The van der Waals surface area contributed by atoms with E-state index in [1.807, 2.05) is 19.9 Å². The molecular formula is C17H20N2O4S2. The molecule has 1 aromatic carbocycles. The molecule has 6 nitrogen and oxygen atoms in total. The van der Waals surface area contributed by atoms with Crippen molar-refractivity contribution in [2.24, 2.45) is 0 Å². The number of nitrogens with zero attached hydrogens (tertiary/aromatic N) is 1. The summed E-state index contributed by atoms with van der Waals surface area (Å²) >= 11 is 1.08. The molecule has 0 saturated carbocycles. The molecule has 0 spiro atoms. The van der Waals surface area contributed by atoms with Crippen LogP contribution in [0.1, 0.15) is 24.3 Å². The van der Waals surface area contributed by atoms with Gasteiger partial charge in [0.25, 0.3) is 15.9 Å². The van der Waals surface area contributed by atoms with E-state index in [4.69, 9.17) is 0 Å². The molecule has 2 N–H and O–H groups in total. The first-order chi connectivity index (χ1) is 11.8. The van der Waals surface area contributed by atoms with Gasteiger partial charge in [0, 0.05) is 23.2 Å². The fourth-order valence-corrected chi connectivity index (χ4v) is 5.21. The Labute approximate surface area is 151 Å². The minimum Gasteiger partial charge on any atom is -0.493 e. The molecule has 1 aliphatic rings. The number of carbonyl (C=O) groups is 1. The summed E-state index contributed by atoms with van der Waals surface area (Å²) in [4.78, 5) is 13.3. The number of sulfonamides is 1. The first-order valence-electron chi connectivity index (χ1n) is 7.71. The molecule has 2 heterocycles. The summed E-state index contributed by atoms with van der Waals surface area (Å²) in [7, 11) is -2.60. The summed E-state index contributed by atoms with van der Waals surface area (Å²) < 4.78 is 25.5. The molecule has 0 radical (unpaired) electrons. The Kier molecular flexibility index (Phi) is 5.54. The van der Waals surface area contributed by atoms with E-state index in [9.17, 15) is 18.3 Å². The van der Waals surface area contributed by atoms with E-state index < -0.39 is 21.8 Å². The van der Waals surface area contributed by atoms with Crippen molar-refractivity contribution < 1.29 is 18.3 Å². The molecule has 2 aromatic rings. The lowest BCUT2D eigenvalue weighted by atomic mass is 10.1. The highest BCUT2D eigenvalue weighted by atomic mass is 32.2. The fourth-order valence-electron chi connectivity index (χ4n) is 2.31. The minimum atomic E-state index is -3.82. The van der Waals surface area contributed by atoms with Crippen LogP contribution in [0.5, 0.6) is 0 Å². The van der Waals surface area contributed by atoms with Crippen LogP contribution in [0, 0.1) is 6.92 Å². The van der Waals surface area contributed by atoms with Gasteiger partial charge in [-0.15, -0.1) is 11.3 Å². The number of hydrogen-bond donors (Lipinski definition) is 2. The van der Waals surface area contributed by atoms with Crippen LogP contribution in [-0.2, 0) is 14.8 Å². The van der Waals surface area contributed by atoms with Crippen LogP contribution in [0.2, 0.25) is 0 Å². The van der Waals surface area contributed by atoms with Crippen molar-refractivity contribution in [1.82, 2.24) is 4.31 Å². The van der Waals surface area contributed by atoms with Crippen molar-refractivity contribution >= 4 is 38.5 Å². The van der Waals surface area contributed by atoms with Gasteiger partial charge in [0.15, 0.2) is 0 Å². The molecule has 3 rings (SSSR count). The second-order valence-corrected chi connectivity index (χ2v) is 8.47. The van der Waals surface area contributed by atoms with Gasteiger partial charge in [-0.3, -0.25) is 4.79 Å². The summed E-state index contributed by atoms with van der Waals surface area (Å²) in [6.45, 7) is 5.75. The van der Waals surface area contributed by atoms with E-state index >= 15 is 0 Å². The summed E-state index contributed by atoms with van der Waals surface area (Å²) in [5.74, 6) is -1.14. The standard InChI is InChI=1S/C15H14N2O4S2.C2H6/c1-9-8-11-12(13(18)16-10-6-4-3-5-7-10)14(19)17(2)23(20,21)15(11)22-9;1-2/h3-8,19H,1-2H3,(H,16,18);1-2H3. The maximum atomic E-state index is 12.6. The second-order valence-electron chi connectivity index (χ2n) is 5.05. The first-order valence-corrected chi connectivity index (χ1v) is 9.97. The van der Waals surface area contributed by atoms with Crippen molar-refractivity contribution in [3.05, 3.63) is 52.7 Å². The van der Waals surface area contributed by atoms with Crippen LogP contribution < -0.4 is 5.32 Å². The van der Waals surface area contributed by atoms with Crippen LogP contribution in [0.4, 0.5) is 5.69 Å².